The van der Waals surface area contributed by atoms with E-state index in [1.165, 1.54) is 16.0 Å². The molecule has 180 valence electrons. The number of aryl methyl sites for hydroxylation is 2. The highest BCUT2D eigenvalue weighted by molar-refractivity contribution is 14.1. The van der Waals surface area contributed by atoms with Crippen LogP contribution in [0.4, 0.5) is 4.79 Å². The lowest BCUT2D eigenvalue weighted by molar-refractivity contribution is -0.122. The Kier molecular flexibility index (Phi) is 8.51. The SMILES string of the molecule is COc1cc(/C=C2/SC(=O)N(CCCc3ccccc3)C2=O)cc(I)c1OCc1cccc(C)c1. The Hall–Kier alpha value is -2.78. The molecule has 0 spiro atoms. The zero-order valence-electron chi connectivity index (χ0n) is 19.6. The minimum absolute atomic E-state index is 0.228. The van der Waals surface area contributed by atoms with Crippen LogP contribution < -0.4 is 9.47 Å². The normalized spacial score (nSPS) is 14.6. The third-order valence-corrected chi connectivity index (χ3v) is 7.29. The first kappa shape index (κ1) is 25.3. The number of carbonyl (C=O) groups is 2. The lowest BCUT2D eigenvalue weighted by Crippen LogP contribution is -2.29. The van der Waals surface area contributed by atoms with Gasteiger partial charge < -0.3 is 9.47 Å². The molecular weight excluding hydrogens is 573 g/mol. The lowest BCUT2D eigenvalue weighted by atomic mass is 10.1. The summed E-state index contributed by atoms with van der Waals surface area (Å²) in [6, 6.07) is 22.0. The maximum absolute atomic E-state index is 12.9. The molecule has 1 aliphatic rings. The number of ether oxygens (including phenoxy) is 2. The molecule has 1 aliphatic heterocycles. The van der Waals surface area contributed by atoms with Crippen LogP contribution in [0, 0.1) is 10.5 Å². The van der Waals surface area contributed by atoms with Gasteiger partial charge in [0.15, 0.2) is 11.5 Å². The van der Waals surface area contributed by atoms with Gasteiger partial charge in [-0.1, -0.05) is 60.2 Å². The van der Waals surface area contributed by atoms with Crippen LogP contribution in [0.25, 0.3) is 6.08 Å². The summed E-state index contributed by atoms with van der Waals surface area (Å²) in [6.07, 6.45) is 3.30. The van der Waals surface area contributed by atoms with Crippen LogP contribution in [0.1, 0.15) is 28.7 Å². The molecule has 3 aromatic carbocycles. The summed E-state index contributed by atoms with van der Waals surface area (Å²) in [5.41, 5.74) is 4.23. The smallest absolute Gasteiger partial charge is 0.293 e. The van der Waals surface area contributed by atoms with E-state index in [4.69, 9.17) is 9.47 Å². The van der Waals surface area contributed by atoms with E-state index in [0.29, 0.717) is 29.6 Å². The van der Waals surface area contributed by atoms with Gasteiger partial charge in [-0.25, -0.2) is 0 Å². The summed E-state index contributed by atoms with van der Waals surface area (Å²) in [4.78, 5) is 27.2. The maximum atomic E-state index is 12.9. The molecule has 1 fully saturated rings. The molecule has 1 saturated heterocycles. The van der Waals surface area contributed by atoms with E-state index in [2.05, 4.69) is 40.8 Å². The molecule has 1 heterocycles. The number of hydrogen-bond acceptors (Lipinski definition) is 5. The van der Waals surface area contributed by atoms with E-state index in [1.807, 2.05) is 55.5 Å². The molecule has 0 saturated carbocycles. The Balaban J connectivity index is 1.45. The Morgan fingerprint density at radius 1 is 1.00 bits per heavy atom. The Morgan fingerprint density at radius 2 is 1.77 bits per heavy atom. The van der Waals surface area contributed by atoms with E-state index < -0.39 is 0 Å². The average molecular weight is 599 g/mol. The van der Waals surface area contributed by atoms with Crippen molar-refractivity contribution in [1.82, 2.24) is 4.90 Å². The van der Waals surface area contributed by atoms with Gasteiger partial charge in [0.25, 0.3) is 11.1 Å². The monoisotopic (exact) mass is 599 g/mol. The predicted octanol–water partition coefficient (Wildman–Crippen LogP) is 6.86. The third-order valence-electron chi connectivity index (χ3n) is 5.58. The van der Waals surface area contributed by atoms with E-state index in [0.717, 1.165) is 39.3 Å². The van der Waals surface area contributed by atoms with E-state index in [-0.39, 0.29) is 11.1 Å². The van der Waals surface area contributed by atoms with Crippen molar-refractivity contribution in [1.29, 1.82) is 0 Å². The number of carbonyl (C=O) groups excluding carboxylic acids is 2. The van der Waals surface area contributed by atoms with Crippen LogP contribution in [0.5, 0.6) is 11.5 Å². The van der Waals surface area contributed by atoms with Crippen LogP contribution in [0.3, 0.4) is 0 Å². The second kappa shape index (κ2) is 11.8. The first-order chi connectivity index (χ1) is 16.9. The average Bonchev–Trinajstić information content (AvgIpc) is 3.11. The van der Waals surface area contributed by atoms with Crippen molar-refractivity contribution in [3.63, 3.8) is 0 Å². The molecule has 0 atom stereocenters. The number of benzene rings is 3. The van der Waals surface area contributed by atoms with Gasteiger partial charge in [0, 0.05) is 6.54 Å². The van der Waals surface area contributed by atoms with Gasteiger partial charge in [0.2, 0.25) is 0 Å². The first-order valence-corrected chi connectivity index (χ1v) is 13.2. The van der Waals surface area contributed by atoms with E-state index in [1.54, 1.807) is 13.2 Å². The van der Waals surface area contributed by atoms with Crippen molar-refractivity contribution in [2.24, 2.45) is 0 Å². The summed E-state index contributed by atoms with van der Waals surface area (Å²) in [7, 11) is 1.59. The molecule has 0 aliphatic carbocycles. The van der Waals surface area contributed by atoms with E-state index in [9.17, 15) is 9.59 Å². The standard InChI is InChI=1S/C28H26INO4S/c1-19-8-6-11-21(14-19)18-34-26-23(29)15-22(16-24(26)33-2)17-25-27(31)30(28(32)35-25)13-7-12-20-9-4-3-5-10-20/h3-6,8-11,14-17H,7,12-13,18H2,1-2H3/b25-17+. The van der Waals surface area contributed by atoms with Crippen LogP contribution in [-0.4, -0.2) is 29.7 Å². The molecule has 0 radical (unpaired) electrons. The zero-order valence-corrected chi connectivity index (χ0v) is 22.6. The molecule has 7 heteroatoms. The van der Waals surface area contributed by atoms with Crippen LogP contribution in [0.15, 0.2) is 71.6 Å². The highest BCUT2D eigenvalue weighted by Gasteiger charge is 2.34. The molecule has 0 aromatic heterocycles. The number of thioether (sulfide) groups is 1. The molecule has 5 nitrogen and oxygen atoms in total. The number of nitrogens with zero attached hydrogens (tertiary/aromatic N) is 1. The summed E-state index contributed by atoms with van der Waals surface area (Å²) < 4.78 is 12.5. The van der Waals surface area contributed by atoms with Crippen molar-refractivity contribution < 1.29 is 19.1 Å². The van der Waals surface area contributed by atoms with Crippen molar-refractivity contribution in [3.05, 3.63) is 97.5 Å². The predicted molar refractivity (Wildman–Crippen MR) is 149 cm³/mol. The Bertz CT molecular complexity index is 1260. The number of methoxy groups -OCH3 is 1. The molecule has 3 aromatic rings. The number of rotatable bonds is 9. The highest BCUT2D eigenvalue weighted by atomic mass is 127. The largest absolute Gasteiger partial charge is 0.493 e. The second-order valence-electron chi connectivity index (χ2n) is 8.23. The van der Waals surface area contributed by atoms with Gasteiger partial charge in [-0.3, -0.25) is 14.5 Å². The number of amides is 2. The molecule has 2 amide bonds. The second-order valence-corrected chi connectivity index (χ2v) is 10.4. The lowest BCUT2D eigenvalue weighted by Gasteiger charge is -2.14. The number of halogens is 1. The van der Waals surface area contributed by atoms with Crippen molar-refractivity contribution in [2.75, 3.05) is 13.7 Å². The topological polar surface area (TPSA) is 55.8 Å². The van der Waals surface area contributed by atoms with Crippen LogP contribution in [0.2, 0.25) is 0 Å². The fourth-order valence-electron chi connectivity index (χ4n) is 3.85. The van der Waals surface area contributed by atoms with Gasteiger partial charge >= 0.3 is 0 Å². The number of imide groups is 1. The van der Waals surface area contributed by atoms with Crippen molar-refractivity contribution in [2.45, 2.75) is 26.4 Å². The van der Waals surface area contributed by atoms with Gasteiger partial charge in [-0.05, 0) is 89.0 Å². The van der Waals surface area contributed by atoms with Gasteiger partial charge in [0.05, 0.1) is 15.6 Å². The summed E-state index contributed by atoms with van der Waals surface area (Å²) in [5, 5.41) is -0.228. The van der Waals surface area contributed by atoms with Crippen molar-refractivity contribution >= 4 is 51.6 Å². The van der Waals surface area contributed by atoms with Crippen molar-refractivity contribution in [3.8, 4) is 11.5 Å². The van der Waals surface area contributed by atoms with E-state index >= 15 is 0 Å². The molecule has 0 N–H and O–H groups in total. The third kappa shape index (κ3) is 6.46. The van der Waals surface area contributed by atoms with Gasteiger partial charge in [-0.2, -0.15) is 0 Å². The Morgan fingerprint density at radius 3 is 2.51 bits per heavy atom. The van der Waals surface area contributed by atoms with Crippen LogP contribution in [-0.2, 0) is 17.8 Å². The number of hydrogen-bond donors (Lipinski definition) is 0. The molecule has 4 rings (SSSR count). The molecule has 35 heavy (non-hydrogen) atoms. The molecular formula is C28H26INO4S. The fraction of sp³-hybridized carbons (Fsp3) is 0.214. The summed E-state index contributed by atoms with van der Waals surface area (Å²) in [5.74, 6) is 0.987. The van der Waals surface area contributed by atoms with Crippen LogP contribution >= 0.6 is 34.4 Å². The quantitative estimate of drug-likeness (QED) is 0.199. The Labute approximate surface area is 223 Å². The minimum atomic E-state index is -0.248. The molecule has 0 bridgehead atoms. The van der Waals surface area contributed by atoms with Gasteiger partial charge in [0.1, 0.15) is 6.61 Å². The summed E-state index contributed by atoms with van der Waals surface area (Å²) in [6.45, 7) is 2.88. The summed E-state index contributed by atoms with van der Waals surface area (Å²) >= 11 is 3.18. The minimum Gasteiger partial charge on any atom is -0.493 e. The fourth-order valence-corrected chi connectivity index (χ4v) is 5.50. The first-order valence-electron chi connectivity index (χ1n) is 11.3. The maximum Gasteiger partial charge on any atom is 0.293 e. The molecule has 0 unspecified atom stereocenters. The van der Waals surface area contributed by atoms with Gasteiger partial charge in [-0.15, -0.1) is 0 Å². The highest BCUT2D eigenvalue weighted by Crippen LogP contribution is 2.37. The zero-order chi connectivity index (χ0) is 24.8.